The van der Waals surface area contributed by atoms with Gasteiger partial charge in [0, 0.05) is 17.4 Å². The summed E-state index contributed by atoms with van der Waals surface area (Å²) in [5.41, 5.74) is 1.84. The Morgan fingerprint density at radius 3 is 2.38 bits per heavy atom. The molecule has 3 aliphatic rings. The molecule has 1 saturated heterocycles. The van der Waals surface area contributed by atoms with Gasteiger partial charge < -0.3 is 10.2 Å². The summed E-state index contributed by atoms with van der Waals surface area (Å²) < 4.78 is 0. The van der Waals surface area contributed by atoms with Gasteiger partial charge in [0.25, 0.3) is 5.91 Å². The summed E-state index contributed by atoms with van der Waals surface area (Å²) >= 11 is 1.81. The van der Waals surface area contributed by atoms with E-state index in [0.29, 0.717) is 17.5 Å². The van der Waals surface area contributed by atoms with Gasteiger partial charge in [0.1, 0.15) is 6.04 Å². The monoisotopic (exact) mass is 372 g/mol. The standard InChI is InChI=1S/C21H28N2O2S/c1-14-7-9-15(10-8-14)20(25)23-18(19(24)22-17-11-12-17)13-26-21(23)16-5-3-2-4-6-16/h7-10,16-18,21H,2-6,11-13H2,1H3,(H,22,24)/t18-,21+/m0/s1. The summed E-state index contributed by atoms with van der Waals surface area (Å²) in [6, 6.07) is 7.75. The lowest BCUT2D eigenvalue weighted by atomic mass is 9.88. The fraction of sp³-hybridized carbons (Fsp3) is 0.619. The van der Waals surface area contributed by atoms with Crippen LogP contribution in [-0.4, -0.2) is 39.9 Å². The Balaban J connectivity index is 1.58. The van der Waals surface area contributed by atoms with Crippen LogP contribution in [0.1, 0.15) is 60.9 Å². The van der Waals surface area contributed by atoms with Crippen molar-refractivity contribution >= 4 is 23.6 Å². The highest BCUT2D eigenvalue weighted by Gasteiger charge is 2.45. The van der Waals surface area contributed by atoms with Crippen molar-refractivity contribution in [3.05, 3.63) is 35.4 Å². The molecular weight excluding hydrogens is 344 g/mol. The number of thioether (sulfide) groups is 1. The van der Waals surface area contributed by atoms with Gasteiger partial charge in [-0.2, -0.15) is 0 Å². The van der Waals surface area contributed by atoms with Gasteiger partial charge in [-0.25, -0.2) is 0 Å². The number of nitrogens with zero attached hydrogens (tertiary/aromatic N) is 1. The summed E-state index contributed by atoms with van der Waals surface area (Å²) in [5, 5.41) is 3.26. The van der Waals surface area contributed by atoms with Crippen LogP contribution in [0.5, 0.6) is 0 Å². The smallest absolute Gasteiger partial charge is 0.255 e. The van der Waals surface area contributed by atoms with Gasteiger partial charge >= 0.3 is 0 Å². The van der Waals surface area contributed by atoms with Crippen LogP contribution in [0.15, 0.2) is 24.3 Å². The van der Waals surface area contributed by atoms with E-state index in [-0.39, 0.29) is 23.2 Å². The molecule has 1 heterocycles. The number of amides is 2. The van der Waals surface area contributed by atoms with Crippen molar-refractivity contribution in [2.75, 3.05) is 5.75 Å². The van der Waals surface area contributed by atoms with Crippen LogP contribution in [0.4, 0.5) is 0 Å². The lowest BCUT2D eigenvalue weighted by molar-refractivity contribution is -0.125. The number of hydrogen-bond donors (Lipinski definition) is 1. The minimum Gasteiger partial charge on any atom is -0.352 e. The maximum absolute atomic E-state index is 13.4. The number of nitrogens with one attached hydrogen (secondary N) is 1. The van der Waals surface area contributed by atoms with Crippen molar-refractivity contribution in [1.29, 1.82) is 0 Å². The number of carbonyl (C=O) groups is 2. The van der Waals surface area contributed by atoms with Gasteiger partial charge in [0.2, 0.25) is 5.91 Å². The topological polar surface area (TPSA) is 49.4 Å². The first kappa shape index (κ1) is 17.9. The first-order valence-corrected chi connectivity index (χ1v) is 11.0. The molecule has 0 aromatic heterocycles. The highest BCUT2D eigenvalue weighted by molar-refractivity contribution is 8.00. The minimum absolute atomic E-state index is 0.0153. The largest absolute Gasteiger partial charge is 0.352 e. The number of rotatable bonds is 4. The van der Waals surface area contributed by atoms with E-state index in [9.17, 15) is 9.59 Å². The molecule has 1 N–H and O–H groups in total. The lowest BCUT2D eigenvalue weighted by Crippen LogP contribution is -2.51. The van der Waals surface area contributed by atoms with E-state index in [1.807, 2.05) is 47.9 Å². The van der Waals surface area contributed by atoms with Crippen LogP contribution in [0.2, 0.25) is 0 Å². The zero-order chi connectivity index (χ0) is 18.1. The normalized spacial score (nSPS) is 26.7. The number of hydrogen-bond acceptors (Lipinski definition) is 3. The van der Waals surface area contributed by atoms with Gasteiger partial charge in [0.05, 0.1) is 5.37 Å². The first-order valence-electron chi connectivity index (χ1n) is 9.95. The molecule has 1 aromatic rings. The molecular formula is C21H28N2O2S. The quantitative estimate of drug-likeness (QED) is 0.876. The fourth-order valence-corrected chi connectivity index (χ4v) is 5.78. The summed E-state index contributed by atoms with van der Waals surface area (Å²) in [7, 11) is 0. The zero-order valence-corrected chi connectivity index (χ0v) is 16.3. The Morgan fingerprint density at radius 1 is 1.04 bits per heavy atom. The number of carbonyl (C=O) groups excluding carboxylic acids is 2. The summed E-state index contributed by atoms with van der Waals surface area (Å²) in [4.78, 5) is 28.1. The number of aryl methyl sites for hydroxylation is 1. The molecule has 1 aliphatic heterocycles. The van der Waals surface area contributed by atoms with Crippen LogP contribution < -0.4 is 5.32 Å². The van der Waals surface area contributed by atoms with Crippen molar-refractivity contribution in [1.82, 2.24) is 10.2 Å². The van der Waals surface area contributed by atoms with Crippen molar-refractivity contribution in [3.63, 3.8) is 0 Å². The van der Waals surface area contributed by atoms with Crippen LogP contribution in [0.25, 0.3) is 0 Å². The number of benzene rings is 1. The van der Waals surface area contributed by atoms with Gasteiger partial charge in [0.15, 0.2) is 0 Å². The van der Waals surface area contributed by atoms with Crippen LogP contribution >= 0.6 is 11.8 Å². The molecule has 2 amide bonds. The molecule has 0 spiro atoms. The average molecular weight is 373 g/mol. The molecule has 2 saturated carbocycles. The van der Waals surface area contributed by atoms with E-state index < -0.39 is 0 Å². The lowest BCUT2D eigenvalue weighted by Gasteiger charge is -2.35. The summed E-state index contributed by atoms with van der Waals surface area (Å²) in [6.45, 7) is 2.02. The third kappa shape index (κ3) is 3.78. The van der Waals surface area contributed by atoms with E-state index in [4.69, 9.17) is 0 Å². The molecule has 4 nitrogen and oxygen atoms in total. The molecule has 2 atom stereocenters. The highest BCUT2D eigenvalue weighted by Crippen LogP contribution is 2.41. The molecule has 140 valence electrons. The Bertz CT molecular complexity index is 665. The van der Waals surface area contributed by atoms with E-state index in [2.05, 4.69) is 5.32 Å². The summed E-state index contributed by atoms with van der Waals surface area (Å²) in [6.07, 6.45) is 8.28. The maximum Gasteiger partial charge on any atom is 0.255 e. The van der Waals surface area contributed by atoms with Crippen molar-refractivity contribution < 1.29 is 9.59 Å². The van der Waals surface area contributed by atoms with Crippen molar-refractivity contribution in [2.24, 2.45) is 5.92 Å². The first-order chi connectivity index (χ1) is 12.6. The van der Waals surface area contributed by atoms with E-state index in [0.717, 1.165) is 24.2 Å². The Labute approximate surface area is 160 Å². The van der Waals surface area contributed by atoms with Crippen LogP contribution in [0, 0.1) is 12.8 Å². The molecule has 0 radical (unpaired) electrons. The van der Waals surface area contributed by atoms with Crippen LogP contribution in [-0.2, 0) is 4.79 Å². The minimum atomic E-state index is -0.332. The molecule has 1 aromatic carbocycles. The SMILES string of the molecule is Cc1ccc(C(=O)N2[C@@H](C3CCCCC3)SC[C@H]2C(=O)NC2CC2)cc1. The highest BCUT2D eigenvalue weighted by atomic mass is 32.2. The van der Waals surface area contributed by atoms with Gasteiger partial charge in [-0.1, -0.05) is 37.0 Å². The molecule has 3 fully saturated rings. The van der Waals surface area contributed by atoms with Crippen molar-refractivity contribution in [2.45, 2.75) is 69.3 Å². The Hall–Kier alpha value is -1.49. The molecule has 0 bridgehead atoms. The second kappa shape index (κ2) is 7.63. The molecule has 5 heteroatoms. The maximum atomic E-state index is 13.4. The van der Waals surface area contributed by atoms with E-state index >= 15 is 0 Å². The van der Waals surface area contributed by atoms with Crippen LogP contribution in [0.3, 0.4) is 0 Å². The molecule has 0 unspecified atom stereocenters. The second-order valence-corrected chi connectivity index (χ2v) is 9.15. The van der Waals surface area contributed by atoms with E-state index in [1.54, 1.807) is 0 Å². The molecule has 4 rings (SSSR count). The molecule has 26 heavy (non-hydrogen) atoms. The third-order valence-electron chi connectivity index (χ3n) is 5.85. The zero-order valence-electron chi connectivity index (χ0n) is 15.4. The third-order valence-corrected chi connectivity index (χ3v) is 7.31. The molecule has 2 aliphatic carbocycles. The predicted molar refractivity (Wildman–Crippen MR) is 105 cm³/mol. The van der Waals surface area contributed by atoms with E-state index in [1.165, 1.54) is 32.1 Å². The second-order valence-electron chi connectivity index (χ2n) is 8.00. The van der Waals surface area contributed by atoms with Crippen molar-refractivity contribution in [3.8, 4) is 0 Å². The van der Waals surface area contributed by atoms with Gasteiger partial charge in [-0.3, -0.25) is 9.59 Å². The fourth-order valence-electron chi connectivity index (χ4n) is 4.14. The van der Waals surface area contributed by atoms with Gasteiger partial charge in [-0.15, -0.1) is 11.8 Å². The summed E-state index contributed by atoms with van der Waals surface area (Å²) in [5.74, 6) is 1.29. The Morgan fingerprint density at radius 2 is 1.73 bits per heavy atom. The predicted octanol–water partition coefficient (Wildman–Crippen LogP) is 3.74. The average Bonchev–Trinajstić information content (AvgIpc) is 3.36. The van der Waals surface area contributed by atoms with Gasteiger partial charge in [-0.05, 0) is 50.7 Å². The Kier molecular flexibility index (Phi) is 5.25.